The number of hydrogen-bond acceptors (Lipinski definition) is 6. The molecule has 1 aromatic carbocycles. The van der Waals surface area contributed by atoms with E-state index in [1.807, 2.05) is 31.4 Å². The Balaban J connectivity index is 1.55. The van der Waals surface area contributed by atoms with Gasteiger partial charge in [-0.2, -0.15) is 0 Å². The summed E-state index contributed by atoms with van der Waals surface area (Å²) in [5.74, 6) is -0.190. The van der Waals surface area contributed by atoms with E-state index >= 15 is 0 Å². The molecule has 0 fully saturated rings. The molecule has 0 aliphatic carbocycles. The van der Waals surface area contributed by atoms with Gasteiger partial charge in [0.15, 0.2) is 11.6 Å². The predicted molar refractivity (Wildman–Crippen MR) is 126 cm³/mol. The molecule has 9 heteroatoms. The highest BCUT2D eigenvalue weighted by atomic mass is 32.1. The summed E-state index contributed by atoms with van der Waals surface area (Å²) in [6.07, 6.45) is -0.0387. The molecular weight excluding hydrogens is 449 g/mol. The fourth-order valence-electron chi connectivity index (χ4n) is 3.50. The number of likely N-dealkylation sites (N-methyl/N-ethyl adjacent to an activating group) is 1. The van der Waals surface area contributed by atoms with Gasteiger partial charge in [0.2, 0.25) is 5.91 Å². The van der Waals surface area contributed by atoms with Crippen molar-refractivity contribution in [1.29, 1.82) is 0 Å². The van der Waals surface area contributed by atoms with Crippen molar-refractivity contribution < 1.29 is 13.9 Å². The number of thiophene rings is 2. The average Bonchev–Trinajstić information content (AvgIpc) is 3.38. The standard InChI is InChI=1S/C23H22FN3O3S2/c1-4-27(11-14-6-7-17(30-3)16(24)9-14)20(28)10-19-25-22(29)21-15(12-31-23(21)26-19)18-8-5-13(2)32-18/h5-9,12H,4,10-11H2,1-3H3,(H,25,26,29). The maximum absolute atomic E-state index is 14.0. The average molecular weight is 472 g/mol. The molecule has 4 aromatic rings. The highest BCUT2D eigenvalue weighted by molar-refractivity contribution is 7.19. The predicted octanol–water partition coefficient (Wildman–Crippen LogP) is 4.76. The molecule has 1 N–H and O–H groups in total. The van der Waals surface area contributed by atoms with E-state index in [1.54, 1.807) is 28.4 Å². The second-order valence-electron chi connectivity index (χ2n) is 7.31. The van der Waals surface area contributed by atoms with Crippen LogP contribution in [0.4, 0.5) is 4.39 Å². The van der Waals surface area contributed by atoms with Gasteiger partial charge in [0.05, 0.1) is 18.9 Å². The first-order valence-corrected chi connectivity index (χ1v) is 11.8. The Hall–Kier alpha value is -3.04. The van der Waals surface area contributed by atoms with E-state index in [1.165, 1.54) is 29.4 Å². The molecule has 32 heavy (non-hydrogen) atoms. The number of carbonyl (C=O) groups excluding carboxylic acids is 1. The van der Waals surface area contributed by atoms with Crippen LogP contribution in [0.2, 0.25) is 0 Å². The number of aryl methyl sites for hydroxylation is 1. The molecule has 1 amide bonds. The van der Waals surface area contributed by atoms with Gasteiger partial charge in [-0.05, 0) is 43.7 Å². The number of rotatable bonds is 7. The third-order valence-corrected chi connectivity index (χ3v) is 7.05. The van der Waals surface area contributed by atoms with Gasteiger partial charge in [-0.3, -0.25) is 9.59 Å². The van der Waals surface area contributed by atoms with Gasteiger partial charge in [0, 0.05) is 33.8 Å². The first kappa shape index (κ1) is 22.2. The van der Waals surface area contributed by atoms with E-state index in [2.05, 4.69) is 9.97 Å². The van der Waals surface area contributed by atoms with Crippen LogP contribution in [0.1, 0.15) is 23.2 Å². The molecule has 4 rings (SSSR count). The van der Waals surface area contributed by atoms with Crippen molar-refractivity contribution in [1.82, 2.24) is 14.9 Å². The second-order valence-corrected chi connectivity index (χ2v) is 9.45. The molecular formula is C23H22FN3O3S2. The maximum Gasteiger partial charge on any atom is 0.260 e. The van der Waals surface area contributed by atoms with Gasteiger partial charge in [0.25, 0.3) is 5.56 Å². The van der Waals surface area contributed by atoms with Crippen LogP contribution >= 0.6 is 22.7 Å². The SMILES string of the molecule is CCN(Cc1ccc(OC)c(F)c1)C(=O)Cc1nc2scc(-c3ccc(C)s3)c2c(=O)[nH]1. The van der Waals surface area contributed by atoms with Crippen molar-refractivity contribution >= 4 is 38.8 Å². The lowest BCUT2D eigenvalue weighted by molar-refractivity contribution is -0.131. The zero-order valence-corrected chi connectivity index (χ0v) is 19.5. The minimum atomic E-state index is -0.473. The summed E-state index contributed by atoms with van der Waals surface area (Å²) in [5.41, 5.74) is 1.27. The lowest BCUT2D eigenvalue weighted by atomic mass is 10.2. The number of nitrogens with zero attached hydrogens (tertiary/aromatic N) is 2. The number of H-pyrrole nitrogens is 1. The Bertz CT molecular complexity index is 1340. The molecule has 0 atom stereocenters. The van der Waals surface area contributed by atoms with E-state index < -0.39 is 5.82 Å². The molecule has 0 saturated carbocycles. The number of halogens is 1. The molecule has 166 valence electrons. The van der Waals surface area contributed by atoms with E-state index in [-0.39, 0.29) is 30.2 Å². The number of hydrogen-bond donors (Lipinski definition) is 1. The van der Waals surface area contributed by atoms with Crippen LogP contribution in [0.3, 0.4) is 0 Å². The molecule has 0 aliphatic rings. The lowest BCUT2D eigenvalue weighted by Gasteiger charge is -2.21. The Morgan fingerprint density at radius 1 is 1.28 bits per heavy atom. The van der Waals surface area contributed by atoms with Crippen molar-refractivity contribution in [3.63, 3.8) is 0 Å². The Kier molecular flexibility index (Phi) is 6.38. The molecule has 6 nitrogen and oxygen atoms in total. The third kappa shape index (κ3) is 4.44. The van der Waals surface area contributed by atoms with Crippen molar-refractivity contribution in [2.45, 2.75) is 26.8 Å². The highest BCUT2D eigenvalue weighted by Crippen LogP contribution is 2.35. The number of methoxy groups -OCH3 is 1. The van der Waals surface area contributed by atoms with Crippen molar-refractivity contribution in [2.75, 3.05) is 13.7 Å². The van der Waals surface area contributed by atoms with Crippen LogP contribution < -0.4 is 10.3 Å². The summed E-state index contributed by atoms with van der Waals surface area (Å²) in [6, 6.07) is 8.65. The topological polar surface area (TPSA) is 75.3 Å². The van der Waals surface area contributed by atoms with Crippen LogP contribution in [0, 0.1) is 12.7 Å². The molecule has 0 spiro atoms. The normalized spacial score (nSPS) is 11.1. The minimum absolute atomic E-state index is 0.0387. The zero-order valence-electron chi connectivity index (χ0n) is 17.9. The van der Waals surface area contributed by atoms with Gasteiger partial charge < -0.3 is 14.6 Å². The summed E-state index contributed by atoms with van der Waals surface area (Å²) < 4.78 is 18.9. The van der Waals surface area contributed by atoms with Gasteiger partial charge in [0.1, 0.15) is 10.7 Å². The van der Waals surface area contributed by atoms with Crippen molar-refractivity contribution in [3.05, 3.63) is 68.1 Å². The molecule has 3 aromatic heterocycles. The molecule has 0 bridgehead atoms. The van der Waals surface area contributed by atoms with Gasteiger partial charge in [-0.25, -0.2) is 9.37 Å². The Morgan fingerprint density at radius 2 is 2.09 bits per heavy atom. The fraction of sp³-hybridized carbons (Fsp3) is 0.261. The van der Waals surface area contributed by atoms with Gasteiger partial charge in [-0.1, -0.05) is 6.07 Å². The number of nitrogens with one attached hydrogen (secondary N) is 1. The number of aromatic amines is 1. The van der Waals surface area contributed by atoms with Gasteiger partial charge in [-0.15, -0.1) is 22.7 Å². The number of ether oxygens (including phenoxy) is 1. The molecule has 3 heterocycles. The first-order valence-electron chi connectivity index (χ1n) is 10.1. The summed E-state index contributed by atoms with van der Waals surface area (Å²) in [7, 11) is 1.41. The smallest absolute Gasteiger partial charge is 0.260 e. The fourth-order valence-corrected chi connectivity index (χ4v) is 5.42. The van der Waals surface area contributed by atoms with E-state index in [4.69, 9.17) is 4.74 Å². The van der Waals surface area contributed by atoms with E-state index in [0.717, 1.165) is 10.4 Å². The number of aromatic nitrogens is 2. The quantitative estimate of drug-likeness (QED) is 0.422. The monoisotopic (exact) mass is 471 g/mol. The lowest BCUT2D eigenvalue weighted by Crippen LogP contribution is -2.32. The highest BCUT2D eigenvalue weighted by Gasteiger charge is 2.18. The summed E-state index contributed by atoms with van der Waals surface area (Å²) in [5, 5.41) is 2.48. The maximum atomic E-state index is 14.0. The number of fused-ring (bicyclic) bond motifs is 1. The van der Waals surface area contributed by atoms with Crippen molar-refractivity contribution in [3.8, 4) is 16.2 Å². The number of amides is 1. The van der Waals surface area contributed by atoms with Crippen LogP contribution in [-0.4, -0.2) is 34.4 Å². The number of benzene rings is 1. The molecule has 0 saturated heterocycles. The third-order valence-electron chi connectivity index (χ3n) is 5.14. The van der Waals surface area contributed by atoms with E-state index in [9.17, 15) is 14.0 Å². The minimum Gasteiger partial charge on any atom is -0.494 e. The first-order chi connectivity index (χ1) is 15.4. The summed E-state index contributed by atoms with van der Waals surface area (Å²) in [6.45, 7) is 4.57. The Labute approximate surface area is 192 Å². The van der Waals surface area contributed by atoms with Crippen LogP contribution in [0.15, 0.2) is 40.5 Å². The van der Waals surface area contributed by atoms with Crippen LogP contribution in [0.25, 0.3) is 20.7 Å². The zero-order chi connectivity index (χ0) is 22.8. The Morgan fingerprint density at radius 3 is 2.75 bits per heavy atom. The van der Waals surface area contributed by atoms with Crippen LogP contribution in [0.5, 0.6) is 5.75 Å². The summed E-state index contributed by atoms with van der Waals surface area (Å²) in [4.78, 5) is 37.4. The summed E-state index contributed by atoms with van der Waals surface area (Å²) >= 11 is 3.02. The van der Waals surface area contributed by atoms with Gasteiger partial charge >= 0.3 is 0 Å². The second kappa shape index (κ2) is 9.22. The largest absolute Gasteiger partial charge is 0.494 e. The molecule has 0 radical (unpaired) electrons. The molecule has 0 aliphatic heterocycles. The number of carbonyl (C=O) groups is 1. The van der Waals surface area contributed by atoms with E-state index in [0.29, 0.717) is 28.1 Å². The van der Waals surface area contributed by atoms with Crippen molar-refractivity contribution in [2.24, 2.45) is 0 Å². The molecule has 0 unspecified atom stereocenters. The van der Waals surface area contributed by atoms with Crippen LogP contribution in [-0.2, 0) is 17.8 Å².